The van der Waals surface area contributed by atoms with Crippen LogP contribution in [-0.2, 0) is 9.53 Å². The van der Waals surface area contributed by atoms with Gasteiger partial charge in [-0.3, -0.25) is 4.79 Å². The first-order chi connectivity index (χ1) is 7.02. The van der Waals surface area contributed by atoms with Crippen LogP contribution in [-0.4, -0.2) is 49.7 Å². The Hall–Kier alpha value is -0.610. The molecular weight excluding hydrogens is 192 g/mol. The van der Waals surface area contributed by atoms with Crippen molar-refractivity contribution in [2.45, 2.75) is 39.8 Å². The van der Waals surface area contributed by atoms with Crippen LogP contribution in [0.4, 0.5) is 0 Å². The predicted molar refractivity (Wildman–Crippen MR) is 61.9 cm³/mol. The molecule has 0 aliphatic rings. The molecule has 0 aliphatic carbocycles. The van der Waals surface area contributed by atoms with Gasteiger partial charge in [0, 0.05) is 12.6 Å². The average molecular weight is 216 g/mol. The fraction of sp³-hybridized carbons (Fsp3) is 0.909. The first-order valence-corrected chi connectivity index (χ1v) is 5.63. The number of nitrogens with one attached hydrogen (secondary N) is 1. The molecule has 0 bridgehead atoms. The van der Waals surface area contributed by atoms with Crippen LogP contribution in [0.25, 0.3) is 0 Å². The highest BCUT2D eigenvalue weighted by Crippen LogP contribution is 1.98. The molecule has 0 saturated heterocycles. The summed E-state index contributed by atoms with van der Waals surface area (Å²) in [5, 5.41) is 3.14. The maximum absolute atomic E-state index is 11.6. The molecule has 0 aromatic carbocycles. The molecule has 1 N–H and O–H groups in total. The number of rotatable bonds is 7. The molecule has 0 heterocycles. The van der Waals surface area contributed by atoms with Gasteiger partial charge in [-0.25, -0.2) is 0 Å². The van der Waals surface area contributed by atoms with Gasteiger partial charge < -0.3 is 15.0 Å². The summed E-state index contributed by atoms with van der Waals surface area (Å²) in [6, 6.07) is 0.211. The van der Waals surface area contributed by atoms with E-state index in [-0.39, 0.29) is 12.0 Å². The second kappa shape index (κ2) is 7.65. The minimum Gasteiger partial charge on any atom is -0.465 e. The lowest BCUT2D eigenvalue weighted by Gasteiger charge is -2.26. The second-order valence-electron chi connectivity index (χ2n) is 3.90. The summed E-state index contributed by atoms with van der Waals surface area (Å²) in [7, 11) is 2.01. The lowest BCUT2D eigenvalue weighted by Crippen LogP contribution is -2.47. The molecule has 0 rings (SSSR count). The minimum absolute atomic E-state index is 0.160. The normalized spacial score (nSPS) is 13.3. The molecule has 0 amide bonds. The summed E-state index contributed by atoms with van der Waals surface area (Å²) >= 11 is 0. The standard InChI is InChI=1S/C11H24N2O2/c1-6-12-10(11(14)15-7-2)8-13(5)9(3)4/h9-10,12H,6-8H2,1-5H3. The van der Waals surface area contributed by atoms with Crippen molar-refractivity contribution in [2.75, 3.05) is 26.7 Å². The van der Waals surface area contributed by atoms with Gasteiger partial charge in [0.15, 0.2) is 0 Å². The molecular formula is C11H24N2O2. The quantitative estimate of drug-likeness (QED) is 0.641. The van der Waals surface area contributed by atoms with Crippen molar-refractivity contribution in [3.63, 3.8) is 0 Å². The summed E-state index contributed by atoms with van der Waals surface area (Å²) in [4.78, 5) is 13.7. The molecule has 0 saturated carbocycles. The van der Waals surface area contributed by atoms with Crippen LogP contribution in [0.5, 0.6) is 0 Å². The number of hydrogen-bond donors (Lipinski definition) is 1. The van der Waals surface area contributed by atoms with E-state index in [9.17, 15) is 4.79 Å². The monoisotopic (exact) mass is 216 g/mol. The maximum atomic E-state index is 11.6. The van der Waals surface area contributed by atoms with Gasteiger partial charge in [-0.2, -0.15) is 0 Å². The Morgan fingerprint density at radius 3 is 2.40 bits per heavy atom. The highest BCUT2D eigenvalue weighted by Gasteiger charge is 2.21. The van der Waals surface area contributed by atoms with E-state index in [2.05, 4.69) is 24.1 Å². The summed E-state index contributed by atoms with van der Waals surface area (Å²) in [5.41, 5.74) is 0. The Morgan fingerprint density at radius 2 is 2.00 bits per heavy atom. The first kappa shape index (κ1) is 14.4. The SMILES string of the molecule is CCNC(CN(C)C(C)C)C(=O)OCC. The van der Waals surface area contributed by atoms with Gasteiger partial charge in [0.2, 0.25) is 0 Å². The van der Waals surface area contributed by atoms with E-state index in [0.717, 1.165) is 6.54 Å². The Bertz CT molecular complexity index is 183. The molecule has 4 heteroatoms. The summed E-state index contributed by atoms with van der Waals surface area (Å²) in [6.45, 7) is 9.92. The number of nitrogens with zero attached hydrogens (tertiary/aromatic N) is 1. The van der Waals surface area contributed by atoms with Crippen LogP contribution in [0, 0.1) is 0 Å². The molecule has 90 valence electrons. The zero-order valence-corrected chi connectivity index (χ0v) is 10.5. The van der Waals surface area contributed by atoms with E-state index >= 15 is 0 Å². The van der Waals surface area contributed by atoms with E-state index in [1.165, 1.54) is 0 Å². The van der Waals surface area contributed by atoms with Crippen LogP contribution in [0.1, 0.15) is 27.7 Å². The van der Waals surface area contributed by atoms with E-state index in [1.807, 2.05) is 20.9 Å². The molecule has 0 fully saturated rings. The Kier molecular flexibility index (Phi) is 7.34. The van der Waals surface area contributed by atoms with Gasteiger partial charge in [0.05, 0.1) is 6.61 Å². The number of likely N-dealkylation sites (N-methyl/N-ethyl adjacent to an activating group) is 2. The Morgan fingerprint density at radius 1 is 1.40 bits per heavy atom. The molecule has 15 heavy (non-hydrogen) atoms. The molecule has 0 aliphatic heterocycles. The molecule has 0 radical (unpaired) electrons. The van der Waals surface area contributed by atoms with Crippen LogP contribution < -0.4 is 5.32 Å². The largest absolute Gasteiger partial charge is 0.465 e. The minimum atomic E-state index is -0.220. The van der Waals surface area contributed by atoms with Gasteiger partial charge in [-0.15, -0.1) is 0 Å². The van der Waals surface area contributed by atoms with E-state index in [4.69, 9.17) is 4.74 Å². The lowest BCUT2D eigenvalue weighted by molar-refractivity contribution is -0.146. The third-order valence-corrected chi connectivity index (χ3v) is 2.37. The molecule has 0 spiro atoms. The van der Waals surface area contributed by atoms with Gasteiger partial charge in [0.1, 0.15) is 6.04 Å². The van der Waals surface area contributed by atoms with Crippen LogP contribution >= 0.6 is 0 Å². The van der Waals surface area contributed by atoms with Gasteiger partial charge in [-0.1, -0.05) is 6.92 Å². The van der Waals surface area contributed by atoms with Crippen molar-refractivity contribution < 1.29 is 9.53 Å². The van der Waals surface area contributed by atoms with Crippen LogP contribution in [0.2, 0.25) is 0 Å². The number of ether oxygens (including phenoxy) is 1. The third kappa shape index (κ3) is 5.74. The number of carbonyl (C=O) groups is 1. The fourth-order valence-electron chi connectivity index (χ4n) is 1.21. The van der Waals surface area contributed by atoms with Gasteiger partial charge in [-0.05, 0) is 34.4 Å². The summed E-state index contributed by atoms with van der Waals surface area (Å²) in [6.07, 6.45) is 0. The smallest absolute Gasteiger partial charge is 0.324 e. The Labute approximate surface area is 93.0 Å². The predicted octanol–water partition coefficient (Wildman–Crippen LogP) is 0.868. The van der Waals surface area contributed by atoms with Crippen molar-refractivity contribution in [1.82, 2.24) is 10.2 Å². The van der Waals surface area contributed by atoms with Gasteiger partial charge >= 0.3 is 5.97 Å². The summed E-state index contributed by atoms with van der Waals surface area (Å²) < 4.78 is 5.01. The number of hydrogen-bond acceptors (Lipinski definition) is 4. The molecule has 4 nitrogen and oxygen atoms in total. The first-order valence-electron chi connectivity index (χ1n) is 5.63. The second-order valence-corrected chi connectivity index (χ2v) is 3.90. The highest BCUT2D eigenvalue weighted by molar-refractivity contribution is 5.76. The summed E-state index contributed by atoms with van der Waals surface area (Å²) in [5.74, 6) is -0.160. The van der Waals surface area contributed by atoms with E-state index < -0.39 is 0 Å². The molecule has 0 aromatic heterocycles. The van der Waals surface area contributed by atoms with E-state index in [1.54, 1.807) is 0 Å². The third-order valence-electron chi connectivity index (χ3n) is 2.37. The molecule has 1 unspecified atom stereocenters. The van der Waals surface area contributed by atoms with Crippen molar-refractivity contribution in [3.05, 3.63) is 0 Å². The van der Waals surface area contributed by atoms with Crippen molar-refractivity contribution in [3.8, 4) is 0 Å². The zero-order chi connectivity index (χ0) is 11.8. The number of carbonyl (C=O) groups excluding carboxylic acids is 1. The van der Waals surface area contributed by atoms with Crippen molar-refractivity contribution in [2.24, 2.45) is 0 Å². The van der Waals surface area contributed by atoms with Crippen molar-refractivity contribution >= 4 is 5.97 Å². The van der Waals surface area contributed by atoms with Gasteiger partial charge in [0.25, 0.3) is 0 Å². The fourth-order valence-corrected chi connectivity index (χ4v) is 1.21. The Balaban J connectivity index is 4.19. The van der Waals surface area contributed by atoms with Crippen molar-refractivity contribution in [1.29, 1.82) is 0 Å². The van der Waals surface area contributed by atoms with Crippen LogP contribution in [0.3, 0.4) is 0 Å². The molecule has 1 atom stereocenters. The highest BCUT2D eigenvalue weighted by atomic mass is 16.5. The molecule has 0 aromatic rings. The maximum Gasteiger partial charge on any atom is 0.324 e. The lowest BCUT2D eigenvalue weighted by atomic mass is 10.2. The van der Waals surface area contributed by atoms with E-state index in [0.29, 0.717) is 19.2 Å². The number of esters is 1. The average Bonchev–Trinajstić information content (AvgIpc) is 2.17. The van der Waals surface area contributed by atoms with Crippen LogP contribution in [0.15, 0.2) is 0 Å². The zero-order valence-electron chi connectivity index (χ0n) is 10.5. The topological polar surface area (TPSA) is 41.6 Å².